The van der Waals surface area contributed by atoms with Gasteiger partial charge in [-0.15, -0.1) is 5.10 Å². The molecule has 1 saturated heterocycles. The summed E-state index contributed by atoms with van der Waals surface area (Å²) in [7, 11) is 0. The van der Waals surface area contributed by atoms with E-state index in [1.807, 2.05) is 18.3 Å². The van der Waals surface area contributed by atoms with E-state index in [2.05, 4.69) is 36.6 Å². The van der Waals surface area contributed by atoms with E-state index in [1.54, 1.807) is 4.52 Å². The molecule has 3 rings (SSSR count). The fourth-order valence-corrected chi connectivity index (χ4v) is 2.72. The smallest absolute Gasteiger partial charge is 0.243 e. The summed E-state index contributed by atoms with van der Waals surface area (Å²) in [6.45, 7) is 3.51. The molecule has 6 nitrogen and oxygen atoms in total. The molecule has 0 radical (unpaired) electrons. The van der Waals surface area contributed by atoms with Gasteiger partial charge in [-0.05, 0) is 54.0 Å². The first-order valence-electron chi connectivity index (χ1n) is 6.90. The molecule has 2 aromatic heterocycles. The molecule has 0 amide bonds. The van der Waals surface area contributed by atoms with Gasteiger partial charge in [0.05, 0.1) is 17.2 Å². The Morgan fingerprint density at radius 2 is 2.30 bits per heavy atom. The highest BCUT2D eigenvalue weighted by Gasteiger charge is 2.12. The van der Waals surface area contributed by atoms with Gasteiger partial charge >= 0.3 is 0 Å². The average Bonchev–Trinajstić information content (AvgIpc) is 2.89. The molecule has 7 heteroatoms. The Morgan fingerprint density at radius 1 is 1.45 bits per heavy atom. The van der Waals surface area contributed by atoms with Crippen molar-refractivity contribution in [2.75, 3.05) is 31.6 Å². The summed E-state index contributed by atoms with van der Waals surface area (Å²) >= 11 is 3.46. The molecule has 20 heavy (non-hydrogen) atoms. The maximum absolute atomic E-state index is 5.83. The quantitative estimate of drug-likeness (QED) is 0.811. The van der Waals surface area contributed by atoms with Gasteiger partial charge in [-0.25, -0.2) is 4.52 Å². The van der Waals surface area contributed by atoms with Gasteiger partial charge in [-0.3, -0.25) is 0 Å². The average molecular weight is 340 g/mol. The normalized spacial score (nSPS) is 16.6. The zero-order valence-electron chi connectivity index (χ0n) is 11.2. The predicted molar refractivity (Wildman–Crippen MR) is 81.0 cm³/mol. The molecule has 3 heterocycles. The van der Waals surface area contributed by atoms with Crippen LogP contribution in [-0.4, -0.2) is 46.9 Å². The SMILES string of the molecule is Brc1cccn2nc(NCCOC3CCNCC3)nc12. The van der Waals surface area contributed by atoms with Gasteiger partial charge in [-0.2, -0.15) is 4.98 Å². The van der Waals surface area contributed by atoms with Crippen molar-refractivity contribution in [2.45, 2.75) is 18.9 Å². The molecule has 1 aliphatic heterocycles. The summed E-state index contributed by atoms with van der Waals surface area (Å²) in [4.78, 5) is 4.42. The van der Waals surface area contributed by atoms with Crippen molar-refractivity contribution in [1.29, 1.82) is 0 Å². The largest absolute Gasteiger partial charge is 0.376 e. The van der Waals surface area contributed by atoms with Gasteiger partial charge in [0.25, 0.3) is 0 Å². The molecule has 0 unspecified atom stereocenters. The van der Waals surface area contributed by atoms with Crippen LogP contribution in [0.5, 0.6) is 0 Å². The van der Waals surface area contributed by atoms with E-state index in [0.717, 1.165) is 42.6 Å². The molecule has 1 fully saturated rings. The van der Waals surface area contributed by atoms with Crippen molar-refractivity contribution in [3.05, 3.63) is 22.8 Å². The first-order chi connectivity index (χ1) is 9.83. The second kappa shape index (κ2) is 6.51. The van der Waals surface area contributed by atoms with Crippen LogP contribution in [-0.2, 0) is 4.74 Å². The molecule has 0 aliphatic carbocycles. The lowest BCUT2D eigenvalue weighted by Crippen LogP contribution is -2.33. The van der Waals surface area contributed by atoms with E-state index >= 15 is 0 Å². The third-order valence-electron chi connectivity index (χ3n) is 3.34. The third kappa shape index (κ3) is 3.28. The van der Waals surface area contributed by atoms with E-state index in [-0.39, 0.29) is 0 Å². The monoisotopic (exact) mass is 339 g/mol. The Balaban J connectivity index is 1.48. The molecule has 0 atom stereocenters. The second-order valence-corrected chi connectivity index (χ2v) is 5.66. The number of aromatic nitrogens is 3. The summed E-state index contributed by atoms with van der Waals surface area (Å²) in [6.07, 6.45) is 4.46. The molecule has 0 bridgehead atoms. The summed E-state index contributed by atoms with van der Waals surface area (Å²) in [5, 5.41) is 10.9. The number of hydrogen-bond acceptors (Lipinski definition) is 5. The van der Waals surface area contributed by atoms with Crippen molar-refractivity contribution < 1.29 is 4.74 Å². The predicted octanol–water partition coefficient (Wildman–Crippen LogP) is 1.67. The fraction of sp³-hybridized carbons (Fsp3) is 0.538. The van der Waals surface area contributed by atoms with Crippen LogP contribution in [0.1, 0.15) is 12.8 Å². The van der Waals surface area contributed by atoms with E-state index in [1.165, 1.54) is 0 Å². The third-order valence-corrected chi connectivity index (χ3v) is 3.96. The highest BCUT2D eigenvalue weighted by atomic mass is 79.9. The fourth-order valence-electron chi connectivity index (χ4n) is 2.30. The summed E-state index contributed by atoms with van der Waals surface area (Å²) in [6, 6.07) is 3.88. The minimum atomic E-state index is 0.390. The summed E-state index contributed by atoms with van der Waals surface area (Å²) < 4.78 is 8.52. The van der Waals surface area contributed by atoms with Crippen LogP contribution in [0.3, 0.4) is 0 Å². The van der Waals surface area contributed by atoms with Crippen molar-refractivity contribution in [2.24, 2.45) is 0 Å². The number of ether oxygens (including phenoxy) is 1. The molecule has 2 aromatic rings. The van der Waals surface area contributed by atoms with E-state index in [9.17, 15) is 0 Å². The van der Waals surface area contributed by atoms with Crippen molar-refractivity contribution in [3.8, 4) is 0 Å². The number of anilines is 1. The molecule has 2 N–H and O–H groups in total. The van der Waals surface area contributed by atoms with E-state index in [0.29, 0.717) is 18.7 Å². The van der Waals surface area contributed by atoms with Gasteiger partial charge in [0.15, 0.2) is 5.65 Å². The second-order valence-electron chi connectivity index (χ2n) is 4.81. The molecule has 0 aromatic carbocycles. The van der Waals surface area contributed by atoms with Gasteiger partial charge in [0, 0.05) is 12.7 Å². The van der Waals surface area contributed by atoms with Gasteiger partial charge in [0.1, 0.15) is 0 Å². The van der Waals surface area contributed by atoms with Crippen LogP contribution >= 0.6 is 15.9 Å². The summed E-state index contributed by atoms with van der Waals surface area (Å²) in [5.74, 6) is 0.630. The van der Waals surface area contributed by atoms with Crippen molar-refractivity contribution >= 4 is 27.5 Å². The van der Waals surface area contributed by atoms with Gasteiger partial charge in [0.2, 0.25) is 5.95 Å². The number of nitrogens with zero attached hydrogens (tertiary/aromatic N) is 3. The molecular weight excluding hydrogens is 322 g/mol. The van der Waals surface area contributed by atoms with E-state index < -0.39 is 0 Å². The summed E-state index contributed by atoms with van der Waals surface area (Å²) in [5.41, 5.74) is 0.814. The number of nitrogens with one attached hydrogen (secondary N) is 2. The van der Waals surface area contributed by atoms with Crippen LogP contribution < -0.4 is 10.6 Å². The van der Waals surface area contributed by atoms with E-state index in [4.69, 9.17) is 4.74 Å². The molecule has 0 spiro atoms. The Morgan fingerprint density at radius 3 is 3.10 bits per heavy atom. The first-order valence-corrected chi connectivity index (χ1v) is 7.69. The Hall–Kier alpha value is -1.18. The standard InChI is InChI=1S/C13H18BrN5O/c14-11-2-1-8-19-12(11)17-13(18-19)16-7-9-20-10-3-5-15-6-4-10/h1-2,8,10,15H,3-7,9H2,(H,16,18). The van der Waals surface area contributed by atoms with Gasteiger partial charge in [-0.1, -0.05) is 0 Å². The Kier molecular flexibility index (Phi) is 4.49. The highest BCUT2D eigenvalue weighted by Crippen LogP contribution is 2.16. The number of rotatable bonds is 5. The minimum absolute atomic E-state index is 0.390. The zero-order valence-corrected chi connectivity index (χ0v) is 12.8. The van der Waals surface area contributed by atoms with Crippen molar-refractivity contribution in [1.82, 2.24) is 19.9 Å². The maximum atomic E-state index is 5.83. The highest BCUT2D eigenvalue weighted by molar-refractivity contribution is 9.10. The lowest BCUT2D eigenvalue weighted by molar-refractivity contribution is 0.0394. The van der Waals surface area contributed by atoms with Crippen LogP contribution in [0.2, 0.25) is 0 Å². The zero-order chi connectivity index (χ0) is 13.8. The number of pyridine rings is 1. The molecule has 1 aliphatic rings. The molecule has 0 saturated carbocycles. The maximum Gasteiger partial charge on any atom is 0.243 e. The first kappa shape index (κ1) is 13.8. The lowest BCUT2D eigenvalue weighted by atomic mass is 10.1. The Bertz CT molecular complexity index is 567. The molecule has 108 valence electrons. The Labute approximate surface area is 126 Å². The minimum Gasteiger partial charge on any atom is -0.376 e. The van der Waals surface area contributed by atoms with Gasteiger partial charge < -0.3 is 15.4 Å². The van der Waals surface area contributed by atoms with Crippen LogP contribution in [0.25, 0.3) is 5.65 Å². The number of halogens is 1. The lowest BCUT2D eigenvalue weighted by Gasteiger charge is -2.22. The van der Waals surface area contributed by atoms with Crippen LogP contribution in [0, 0.1) is 0 Å². The van der Waals surface area contributed by atoms with Crippen LogP contribution in [0.15, 0.2) is 22.8 Å². The topological polar surface area (TPSA) is 63.5 Å². The van der Waals surface area contributed by atoms with Crippen LogP contribution in [0.4, 0.5) is 5.95 Å². The number of fused-ring (bicyclic) bond motifs is 1. The number of hydrogen-bond donors (Lipinski definition) is 2. The van der Waals surface area contributed by atoms with Crippen molar-refractivity contribution in [3.63, 3.8) is 0 Å². The molecular formula is C13H18BrN5O. The number of piperidine rings is 1.